The van der Waals surface area contributed by atoms with Crippen molar-refractivity contribution < 1.29 is 14.3 Å². The topological polar surface area (TPSA) is 65.4 Å². The second-order valence-corrected chi connectivity index (χ2v) is 7.58. The molecule has 4 rings (SSSR count). The van der Waals surface area contributed by atoms with Crippen LogP contribution in [0.5, 0.6) is 11.5 Å². The van der Waals surface area contributed by atoms with Gasteiger partial charge in [-0.1, -0.05) is 35.9 Å². The zero-order chi connectivity index (χ0) is 22.7. The van der Waals surface area contributed by atoms with Gasteiger partial charge in [-0.2, -0.15) is 5.10 Å². The molecule has 0 aliphatic heterocycles. The van der Waals surface area contributed by atoms with Crippen LogP contribution < -0.4 is 14.8 Å². The van der Waals surface area contributed by atoms with Gasteiger partial charge >= 0.3 is 0 Å². The molecule has 1 aromatic heterocycles. The third-order valence-corrected chi connectivity index (χ3v) is 5.33. The Morgan fingerprint density at radius 1 is 1.00 bits per heavy atom. The van der Waals surface area contributed by atoms with E-state index in [1.54, 1.807) is 55.4 Å². The van der Waals surface area contributed by atoms with E-state index >= 15 is 0 Å². The Morgan fingerprint density at radius 3 is 2.47 bits per heavy atom. The van der Waals surface area contributed by atoms with Gasteiger partial charge in [0, 0.05) is 11.8 Å². The Bertz CT molecular complexity index is 1270. The Kier molecular flexibility index (Phi) is 6.14. The quantitative estimate of drug-likeness (QED) is 0.407. The van der Waals surface area contributed by atoms with Crippen molar-refractivity contribution in [2.24, 2.45) is 0 Å². The highest BCUT2D eigenvalue weighted by Crippen LogP contribution is 2.35. The summed E-state index contributed by atoms with van der Waals surface area (Å²) >= 11 is 6.33. The summed E-state index contributed by atoms with van der Waals surface area (Å²) in [6.07, 6.45) is 1.70. The van der Waals surface area contributed by atoms with Crippen molar-refractivity contribution in [2.45, 2.75) is 6.92 Å². The lowest BCUT2D eigenvalue weighted by molar-refractivity contribution is 0.102. The molecule has 0 aliphatic carbocycles. The molecule has 7 heteroatoms. The molecule has 162 valence electrons. The Balaban J connectivity index is 1.84. The van der Waals surface area contributed by atoms with Gasteiger partial charge in [-0.25, -0.2) is 4.68 Å². The van der Waals surface area contributed by atoms with E-state index in [4.69, 9.17) is 26.2 Å². The number of halogens is 1. The van der Waals surface area contributed by atoms with Crippen molar-refractivity contribution in [3.05, 3.63) is 89.1 Å². The fourth-order valence-corrected chi connectivity index (χ4v) is 3.64. The normalized spacial score (nSPS) is 10.6. The molecule has 4 aromatic rings. The van der Waals surface area contributed by atoms with Crippen molar-refractivity contribution in [2.75, 3.05) is 19.5 Å². The number of ether oxygens (including phenoxy) is 2. The monoisotopic (exact) mass is 447 g/mol. The third-order valence-electron chi connectivity index (χ3n) is 5.01. The van der Waals surface area contributed by atoms with E-state index in [0.29, 0.717) is 39.0 Å². The van der Waals surface area contributed by atoms with Gasteiger partial charge < -0.3 is 14.8 Å². The number of carbonyl (C=O) groups is 1. The number of aromatic nitrogens is 2. The lowest BCUT2D eigenvalue weighted by Crippen LogP contribution is -2.13. The van der Waals surface area contributed by atoms with Crippen LogP contribution in [-0.4, -0.2) is 29.9 Å². The summed E-state index contributed by atoms with van der Waals surface area (Å²) < 4.78 is 12.6. The average molecular weight is 448 g/mol. The smallest absolute Gasteiger partial charge is 0.259 e. The number of anilines is 1. The largest absolute Gasteiger partial charge is 0.497 e. The van der Waals surface area contributed by atoms with E-state index in [1.165, 1.54) is 0 Å². The molecule has 0 bridgehead atoms. The van der Waals surface area contributed by atoms with Crippen LogP contribution in [0.1, 0.15) is 15.9 Å². The lowest BCUT2D eigenvalue weighted by atomic mass is 10.1. The number of rotatable bonds is 6. The zero-order valence-corrected chi connectivity index (χ0v) is 18.7. The second-order valence-electron chi connectivity index (χ2n) is 7.18. The van der Waals surface area contributed by atoms with E-state index in [2.05, 4.69) is 5.32 Å². The van der Waals surface area contributed by atoms with Gasteiger partial charge in [0.05, 0.1) is 36.2 Å². The molecule has 6 nitrogen and oxygen atoms in total. The number of para-hydroxylation sites is 1. The van der Waals surface area contributed by atoms with Crippen molar-refractivity contribution in [3.8, 4) is 28.4 Å². The Labute approximate surface area is 191 Å². The zero-order valence-electron chi connectivity index (χ0n) is 17.9. The molecule has 0 aliphatic rings. The highest BCUT2D eigenvalue weighted by atomic mass is 35.5. The molecule has 1 heterocycles. The summed E-state index contributed by atoms with van der Waals surface area (Å²) in [5.41, 5.74) is 3.83. The lowest BCUT2D eigenvalue weighted by Gasteiger charge is -2.11. The van der Waals surface area contributed by atoms with Crippen molar-refractivity contribution in [1.82, 2.24) is 9.78 Å². The van der Waals surface area contributed by atoms with Gasteiger partial charge in [0.15, 0.2) is 0 Å². The van der Waals surface area contributed by atoms with E-state index in [0.717, 1.165) is 11.3 Å². The van der Waals surface area contributed by atoms with Gasteiger partial charge in [0.1, 0.15) is 17.2 Å². The van der Waals surface area contributed by atoms with Crippen LogP contribution in [0.25, 0.3) is 16.9 Å². The Hall–Kier alpha value is -3.77. The van der Waals surface area contributed by atoms with Gasteiger partial charge in [0.2, 0.25) is 0 Å². The van der Waals surface area contributed by atoms with Crippen LogP contribution in [0, 0.1) is 6.92 Å². The number of benzene rings is 3. The predicted molar refractivity (Wildman–Crippen MR) is 126 cm³/mol. The molecular formula is C25H22ClN3O3. The van der Waals surface area contributed by atoms with Crippen LogP contribution >= 0.6 is 11.6 Å². The molecule has 0 radical (unpaired) electrons. The molecule has 0 atom stereocenters. The second kappa shape index (κ2) is 9.16. The first-order valence-electron chi connectivity index (χ1n) is 9.95. The van der Waals surface area contributed by atoms with Crippen LogP contribution in [0.15, 0.2) is 72.9 Å². The number of carbonyl (C=O) groups excluding carboxylic acids is 1. The van der Waals surface area contributed by atoms with Gasteiger partial charge in [-0.3, -0.25) is 4.79 Å². The maximum absolute atomic E-state index is 13.3. The van der Waals surface area contributed by atoms with Gasteiger partial charge in [0.25, 0.3) is 5.91 Å². The maximum Gasteiger partial charge on any atom is 0.259 e. The minimum Gasteiger partial charge on any atom is -0.497 e. The molecule has 1 N–H and O–H groups in total. The summed E-state index contributed by atoms with van der Waals surface area (Å²) in [6.45, 7) is 1.94. The van der Waals surface area contributed by atoms with Crippen LogP contribution in [0.3, 0.4) is 0 Å². The number of hydrogen-bond donors (Lipinski definition) is 1. The first kappa shape index (κ1) is 21.5. The van der Waals surface area contributed by atoms with Crippen LogP contribution in [0.4, 0.5) is 5.69 Å². The molecule has 3 aromatic carbocycles. The van der Waals surface area contributed by atoms with Crippen LogP contribution in [-0.2, 0) is 0 Å². The summed E-state index contributed by atoms with van der Waals surface area (Å²) in [5, 5.41) is 8.09. The van der Waals surface area contributed by atoms with E-state index in [-0.39, 0.29) is 5.91 Å². The number of methoxy groups -OCH3 is 2. The molecule has 0 fully saturated rings. The average Bonchev–Trinajstić information content (AvgIpc) is 3.26. The molecule has 0 saturated heterocycles. The summed E-state index contributed by atoms with van der Waals surface area (Å²) in [7, 11) is 3.16. The first-order valence-corrected chi connectivity index (χ1v) is 10.3. The highest BCUT2D eigenvalue weighted by Gasteiger charge is 2.22. The van der Waals surface area contributed by atoms with Crippen molar-refractivity contribution >= 4 is 23.2 Å². The highest BCUT2D eigenvalue weighted by molar-refractivity contribution is 6.34. The minimum absolute atomic E-state index is 0.335. The number of hydrogen-bond acceptors (Lipinski definition) is 4. The van der Waals surface area contributed by atoms with Gasteiger partial charge in [-0.15, -0.1) is 0 Å². The number of nitrogens with zero attached hydrogens (tertiary/aromatic N) is 2. The molecular weight excluding hydrogens is 426 g/mol. The predicted octanol–water partition coefficient (Wildman–Crippen LogP) is 5.77. The van der Waals surface area contributed by atoms with Crippen molar-refractivity contribution in [1.29, 1.82) is 0 Å². The summed E-state index contributed by atoms with van der Waals surface area (Å²) in [5.74, 6) is 0.868. The number of aryl methyl sites for hydroxylation is 1. The fraction of sp³-hybridized carbons (Fsp3) is 0.120. The first-order chi connectivity index (χ1) is 15.5. The molecule has 32 heavy (non-hydrogen) atoms. The van der Waals surface area contributed by atoms with E-state index in [1.807, 2.05) is 43.3 Å². The molecule has 0 saturated carbocycles. The van der Waals surface area contributed by atoms with E-state index < -0.39 is 0 Å². The number of nitrogens with one attached hydrogen (secondary N) is 1. The van der Waals surface area contributed by atoms with Crippen LogP contribution in [0.2, 0.25) is 5.02 Å². The fourth-order valence-electron chi connectivity index (χ4n) is 3.36. The third kappa shape index (κ3) is 4.31. The maximum atomic E-state index is 13.3. The summed E-state index contributed by atoms with van der Waals surface area (Å²) in [4.78, 5) is 13.3. The summed E-state index contributed by atoms with van der Waals surface area (Å²) in [6, 6.07) is 20.4. The number of amides is 1. The molecule has 0 spiro atoms. The standard InChI is InChI=1S/C25H22ClN3O3/c1-16-9-11-22(21(26)13-16)27-25(30)20-15-29(17-7-5-4-6-8-17)28-24(20)19-14-18(31-2)10-12-23(19)32-3/h4-15H,1-3H3,(H,27,30). The molecule has 1 amide bonds. The minimum atomic E-state index is -0.335. The van der Waals surface area contributed by atoms with E-state index in [9.17, 15) is 4.79 Å². The Morgan fingerprint density at radius 2 is 1.78 bits per heavy atom. The van der Waals surface area contributed by atoms with Crippen molar-refractivity contribution in [3.63, 3.8) is 0 Å². The van der Waals surface area contributed by atoms with Gasteiger partial charge in [-0.05, 0) is 55.0 Å². The SMILES string of the molecule is COc1ccc(OC)c(-c2nn(-c3ccccc3)cc2C(=O)Nc2ccc(C)cc2Cl)c1. The molecule has 0 unspecified atom stereocenters.